The van der Waals surface area contributed by atoms with Gasteiger partial charge in [0.25, 0.3) is 5.91 Å². The van der Waals surface area contributed by atoms with Crippen molar-refractivity contribution in [1.29, 1.82) is 0 Å². The number of hydrogen-bond donors (Lipinski definition) is 3. The standard InChI is InChI=1S/C23H23N7O/c1-15-12-16(2)28-23(27-15)30-22(25-11-10-18-13-24-14-26-18)29-21(31)20-9-5-7-17-6-3-4-8-19(17)20/h3-9,12-14H,10-11H2,1-2H3,(H,24,26)(H2,25,27,28,29,30,31). The smallest absolute Gasteiger partial charge is 0.258 e. The van der Waals surface area contributed by atoms with Crippen molar-refractivity contribution in [2.45, 2.75) is 20.3 Å². The number of amides is 1. The molecule has 0 aliphatic rings. The molecule has 2 heterocycles. The van der Waals surface area contributed by atoms with E-state index >= 15 is 0 Å². The molecular weight excluding hydrogens is 390 g/mol. The second-order valence-corrected chi connectivity index (χ2v) is 7.14. The van der Waals surface area contributed by atoms with Gasteiger partial charge in [0.15, 0.2) is 0 Å². The molecule has 0 bridgehead atoms. The molecule has 3 N–H and O–H groups in total. The first-order valence-corrected chi connectivity index (χ1v) is 9.98. The van der Waals surface area contributed by atoms with Crippen molar-refractivity contribution in [2.75, 3.05) is 11.9 Å². The third-order valence-electron chi connectivity index (χ3n) is 4.68. The molecule has 0 atom stereocenters. The summed E-state index contributed by atoms with van der Waals surface area (Å²) in [5, 5.41) is 7.82. The van der Waals surface area contributed by atoms with Gasteiger partial charge in [0.1, 0.15) is 0 Å². The Balaban J connectivity index is 1.58. The van der Waals surface area contributed by atoms with E-state index in [0.717, 1.165) is 27.9 Å². The Hall–Kier alpha value is -4.07. The zero-order valence-electron chi connectivity index (χ0n) is 17.4. The fourth-order valence-corrected chi connectivity index (χ4v) is 3.31. The zero-order chi connectivity index (χ0) is 21.6. The lowest BCUT2D eigenvalue weighted by atomic mass is 10.0. The molecule has 31 heavy (non-hydrogen) atoms. The highest BCUT2D eigenvalue weighted by atomic mass is 16.1. The zero-order valence-corrected chi connectivity index (χ0v) is 17.4. The molecule has 0 radical (unpaired) electrons. The fraction of sp³-hybridized carbons (Fsp3) is 0.174. The molecule has 1 amide bonds. The summed E-state index contributed by atoms with van der Waals surface area (Å²) in [6, 6.07) is 15.3. The molecule has 8 heteroatoms. The summed E-state index contributed by atoms with van der Waals surface area (Å²) in [5.74, 6) is 0.424. The van der Waals surface area contributed by atoms with E-state index in [1.807, 2.05) is 56.3 Å². The lowest BCUT2D eigenvalue weighted by Gasteiger charge is -2.12. The molecule has 0 saturated heterocycles. The van der Waals surface area contributed by atoms with Crippen LogP contribution < -0.4 is 10.6 Å². The van der Waals surface area contributed by atoms with Crippen LogP contribution in [0.3, 0.4) is 0 Å². The monoisotopic (exact) mass is 413 g/mol. The van der Waals surface area contributed by atoms with Crippen molar-refractivity contribution in [3.63, 3.8) is 0 Å². The topological polar surface area (TPSA) is 108 Å². The normalized spacial score (nSPS) is 11.5. The van der Waals surface area contributed by atoms with Crippen molar-refractivity contribution < 1.29 is 4.79 Å². The van der Waals surface area contributed by atoms with Crippen LogP contribution in [0.4, 0.5) is 5.95 Å². The molecule has 0 aliphatic heterocycles. The van der Waals surface area contributed by atoms with Crippen LogP contribution >= 0.6 is 0 Å². The van der Waals surface area contributed by atoms with Crippen LogP contribution in [-0.2, 0) is 6.42 Å². The lowest BCUT2D eigenvalue weighted by molar-refractivity contribution is 0.0978. The van der Waals surface area contributed by atoms with E-state index < -0.39 is 0 Å². The second kappa shape index (κ2) is 9.17. The number of imidazole rings is 1. The van der Waals surface area contributed by atoms with E-state index in [1.165, 1.54) is 0 Å². The Morgan fingerprint density at radius 1 is 1.06 bits per heavy atom. The Bertz CT molecular complexity index is 1210. The quantitative estimate of drug-likeness (QED) is 0.343. The molecule has 0 spiro atoms. The van der Waals surface area contributed by atoms with Crippen LogP contribution in [0.25, 0.3) is 10.8 Å². The van der Waals surface area contributed by atoms with E-state index in [2.05, 4.69) is 35.6 Å². The van der Waals surface area contributed by atoms with Crippen molar-refractivity contribution in [2.24, 2.45) is 4.99 Å². The number of aryl methyl sites for hydroxylation is 2. The van der Waals surface area contributed by atoms with Gasteiger partial charge >= 0.3 is 0 Å². The summed E-state index contributed by atoms with van der Waals surface area (Å²) < 4.78 is 0. The average molecular weight is 413 g/mol. The van der Waals surface area contributed by atoms with Crippen LogP contribution in [0.5, 0.6) is 0 Å². The molecule has 4 rings (SSSR count). The molecule has 0 saturated carbocycles. The maximum atomic E-state index is 13.1. The van der Waals surface area contributed by atoms with Crippen molar-refractivity contribution in [3.05, 3.63) is 83.7 Å². The molecule has 0 unspecified atom stereocenters. The number of guanidine groups is 1. The highest BCUT2D eigenvalue weighted by Gasteiger charge is 2.13. The molecule has 2 aromatic carbocycles. The Morgan fingerprint density at radius 3 is 2.61 bits per heavy atom. The van der Waals surface area contributed by atoms with Gasteiger partial charge in [0, 0.05) is 41.8 Å². The summed E-state index contributed by atoms with van der Waals surface area (Å²) >= 11 is 0. The van der Waals surface area contributed by atoms with E-state index in [9.17, 15) is 4.79 Å². The first-order valence-electron chi connectivity index (χ1n) is 9.98. The number of hydrogen-bond acceptors (Lipinski definition) is 5. The van der Waals surface area contributed by atoms with Crippen LogP contribution in [0.2, 0.25) is 0 Å². The molecule has 0 aliphatic carbocycles. The van der Waals surface area contributed by atoms with Gasteiger partial charge in [0.05, 0.1) is 6.33 Å². The predicted octanol–water partition coefficient (Wildman–Crippen LogP) is 3.41. The maximum absolute atomic E-state index is 13.1. The predicted molar refractivity (Wildman–Crippen MR) is 121 cm³/mol. The first-order chi connectivity index (χ1) is 15.1. The Kier molecular flexibility index (Phi) is 5.98. The molecule has 8 nitrogen and oxygen atoms in total. The van der Waals surface area contributed by atoms with Gasteiger partial charge in [-0.25, -0.2) is 15.0 Å². The van der Waals surface area contributed by atoms with Crippen molar-refractivity contribution >= 4 is 28.6 Å². The largest absolute Gasteiger partial charge is 0.348 e. The highest BCUT2D eigenvalue weighted by molar-refractivity contribution is 6.14. The average Bonchev–Trinajstić information content (AvgIpc) is 3.26. The summed E-state index contributed by atoms with van der Waals surface area (Å²) in [5.41, 5.74) is 3.19. The number of fused-ring (bicyclic) bond motifs is 1. The number of nitrogens with zero attached hydrogens (tertiary/aromatic N) is 4. The second-order valence-electron chi connectivity index (χ2n) is 7.14. The van der Waals surface area contributed by atoms with Gasteiger partial charge < -0.3 is 4.98 Å². The maximum Gasteiger partial charge on any atom is 0.258 e. The van der Waals surface area contributed by atoms with E-state index in [-0.39, 0.29) is 5.91 Å². The molecule has 0 fully saturated rings. The number of anilines is 1. The summed E-state index contributed by atoms with van der Waals surface area (Å²) in [6.45, 7) is 4.23. The number of aromatic amines is 1. The fourth-order valence-electron chi connectivity index (χ4n) is 3.31. The van der Waals surface area contributed by atoms with Gasteiger partial charge in [-0.1, -0.05) is 36.4 Å². The summed E-state index contributed by atoms with van der Waals surface area (Å²) in [4.78, 5) is 33.5. The number of carbonyl (C=O) groups excluding carboxylic acids is 1. The van der Waals surface area contributed by atoms with Gasteiger partial charge in [-0.05, 0) is 36.8 Å². The van der Waals surface area contributed by atoms with Crippen molar-refractivity contribution in [3.8, 4) is 0 Å². The highest BCUT2D eigenvalue weighted by Crippen LogP contribution is 2.18. The first kappa shape index (κ1) is 20.2. The molecule has 156 valence electrons. The molecule has 4 aromatic rings. The number of benzene rings is 2. The van der Waals surface area contributed by atoms with Crippen LogP contribution in [0.15, 0.2) is 66.0 Å². The minimum absolute atomic E-state index is 0.256. The van der Waals surface area contributed by atoms with Crippen LogP contribution in [0.1, 0.15) is 27.4 Å². The minimum atomic E-state index is -0.256. The number of nitrogens with one attached hydrogen (secondary N) is 3. The van der Waals surface area contributed by atoms with Gasteiger partial charge in [0.2, 0.25) is 11.9 Å². The van der Waals surface area contributed by atoms with Gasteiger partial charge in [-0.2, -0.15) is 0 Å². The minimum Gasteiger partial charge on any atom is -0.348 e. The van der Waals surface area contributed by atoms with E-state index in [4.69, 9.17) is 0 Å². The van der Waals surface area contributed by atoms with E-state index in [1.54, 1.807) is 18.6 Å². The third kappa shape index (κ3) is 5.11. The summed E-state index contributed by atoms with van der Waals surface area (Å²) in [7, 11) is 0. The third-order valence-corrected chi connectivity index (χ3v) is 4.68. The number of aromatic nitrogens is 4. The Morgan fingerprint density at radius 2 is 1.84 bits per heavy atom. The van der Waals surface area contributed by atoms with Gasteiger partial charge in [-0.15, -0.1) is 0 Å². The van der Waals surface area contributed by atoms with Crippen LogP contribution in [0, 0.1) is 13.8 Å². The Labute approximate surface area is 179 Å². The number of carbonyl (C=O) groups is 1. The SMILES string of the molecule is Cc1cc(C)nc(NC(=NCCc2cnc[nH]2)NC(=O)c2cccc3ccccc23)n1. The van der Waals surface area contributed by atoms with E-state index in [0.29, 0.717) is 30.4 Å². The van der Waals surface area contributed by atoms with Crippen molar-refractivity contribution in [1.82, 2.24) is 25.3 Å². The lowest BCUT2D eigenvalue weighted by Crippen LogP contribution is -2.37. The number of aliphatic imine (C=N–C) groups is 1. The van der Waals surface area contributed by atoms with Crippen LogP contribution in [-0.4, -0.2) is 38.3 Å². The summed E-state index contributed by atoms with van der Waals surface area (Å²) in [6.07, 6.45) is 4.04. The van der Waals surface area contributed by atoms with Gasteiger partial charge in [-0.3, -0.25) is 20.4 Å². The molecular formula is C23H23N7O. The molecule has 2 aromatic heterocycles. The number of rotatable bonds is 5. The number of H-pyrrole nitrogens is 1.